The Kier molecular flexibility index (Phi) is 7.19. The number of urea groups is 1. The summed E-state index contributed by atoms with van der Waals surface area (Å²) in [5.41, 5.74) is -0.493. The number of hydrogen-bond acceptors (Lipinski definition) is 7. The van der Waals surface area contributed by atoms with E-state index in [9.17, 15) is 22.8 Å². The lowest BCUT2D eigenvalue weighted by molar-refractivity contribution is -0.137. The maximum atomic E-state index is 15.7. The summed E-state index contributed by atoms with van der Waals surface area (Å²) in [6.07, 6.45) is -1.60. The van der Waals surface area contributed by atoms with E-state index in [2.05, 4.69) is 16.5 Å². The van der Waals surface area contributed by atoms with Gasteiger partial charge in [-0.1, -0.05) is 6.58 Å². The highest BCUT2D eigenvalue weighted by Crippen LogP contribution is 2.41. The monoisotopic (exact) mass is 582 g/mol. The minimum absolute atomic E-state index is 0.148. The van der Waals surface area contributed by atoms with Crippen molar-refractivity contribution in [3.63, 3.8) is 0 Å². The topological polar surface area (TPSA) is 94.1 Å². The highest BCUT2D eigenvalue weighted by atomic mass is 19.4. The molecule has 2 aromatic carbocycles. The third-order valence-electron chi connectivity index (χ3n) is 6.49. The van der Waals surface area contributed by atoms with E-state index < -0.39 is 36.0 Å². The van der Waals surface area contributed by atoms with Crippen LogP contribution in [0.3, 0.4) is 0 Å². The quantitative estimate of drug-likeness (QED) is 0.179. The van der Waals surface area contributed by atoms with Crippen LogP contribution in [0.5, 0.6) is 23.0 Å². The van der Waals surface area contributed by atoms with Crippen molar-refractivity contribution in [3.8, 4) is 23.0 Å². The fraction of sp³-hybridized carbons (Fsp3) is 0.172. The van der Waals surface area contributed by atoms with Gasteiger partial charge in [0.05, 0.1) is 42.9 Å². The first-order chi connectivity index (χ1) is 19.9. The number of halogens is 4. The molecule has 9 nitrogen and oxygen atoms in total. The summed E-state index contributed by atoms with van der Waals surface area (Å²) >= 11 is 0. The van der Waals surface area contributed by atoms with E-state index in [1.807, 2.05) is 0 Å². The zero-order valence-electron chi connectivity index (χ0n) is 22.5. The lowest BCUT2D eigenvalue weighted by Crippen LogP contribution is -2.33. The summed E-state index contributed by atoms with van der Waals surface area (Å²) in [6.45, 7) is 4.88. The highest BCUT2D eigenvalue weighted by Gasteiger charge is 2.40. The smallest absolute Gasteiger partial charge is 0.417 e. The molecule has 0 N–H and O–H groups in total. The highest BCUT2D eigenvalue weighted by molar-refractivity contribution is 6.27. The Hall–Kier alpha value is -5.20. The van der Waals surface area contributed by atoms with Crippen molar-refractivity contribution in [1.29, 1.82) is 0 Å². The fourth-order valence-corrected chi connectivity index (χ4v) is 4.46. The molecule has 4 aromatic rings. The predicted molar refractivity (Wildman–Crippen MR) is 145 cm³/mol. The standard InChI is InChI=1S/C29H22F4N4O5/c1-15(2)19-8-17(37-26(38)14-36(28(37)39)18-7-16(12-34-13-18)29(31,32)33)9-21(30)27(19)42-23-5-6-35-22-11-25(41-4)24(40-3)10-20(22)23/h5-13H,1,14H2,2-4H3. The number of allylic oxidation sites excluding steroid dienone is 1. The molecule has 1 aliphatic rings. The minimum Gasteiger partial charge on any atom is -0.493 e. The first-order valence-electron chi connectivity index (χ1n) is 12.3. The van der Waals surface area contributed by atoms with E-state index in [4.69, 9.17) is 14.2 Å². The van der Waals surface area contributed by atoms with E-state index in [-0.39, 0.29) is 28.4 Å². The van der Waals surface area contributed by atoms with Crippen molar-refractivity contribution in [2.24, 2.45) is 0 Å². The lowest BCUT2D eigenvalue weighted by atomic mass is 10.1. The molecule has 0 aliphatic carbocycles. The molecule has 13 heteroatoms. The number of rotatable bonds is 7. The molecule has 1 saturated heterocycles. The molecule has 0 spiro atoms. The Labute approximate surface area is 236 Å². The maximum Gasteiger partial charge on any atom is 0.417 e. The van der Waals surface area contributed by atoms with Crippen LogP contribution in [0.1, 0.15) is 18.1 Å². The Morgan fingerprint density at radius 2 is 1.69 bits per heavy atom. The van der Waals surface area contributed by atoms with Gasteiger partial charge in [-0.25, -0.2) is 14.1 Å². The van der Waals surface area contributed by atoms with Gasteiger partial charge in [0.1, 0.15) is 12.3 Å². The molecule has 2 aromatic heterocycles. The van der Waals surface area contributed by atoms with Crippen LogP contribution in [0.4, 0.5) is 33.7 Å². The number of fused-ring (bicyclic) bond motifs is 1. The number of ether oxygens (including phenoxy) is 3. The van der Waals surface area contributed by atoms with Crippen molar-refractivity contribution in [2.45, 2.75) is 13.1 Å². The van der Waals surface area contributed by atoms with Crippen molar-refractivity contribution in [2.75, 3.05) is 30.6 Å². The SMILES string of the molecule is C=C(C)c1cc(N2C(=O)CN(c3cncc(C(F)(F)F)c3)C2=O)cc(F)c1Oc1ccnc2cc(OC)c(OC)cc12. The third-order valence-corrected chi connectivity index (χ3v) is 6.49. The second-order valence-corrected chi connectivity index (χ2v) is 9.25. The molecular weight excluding hydrogens is 560 g/mol. The number of pyridine rings is 2. The van der Waals surface area contributed by atoms with Gasteiger partial charge in [0.25, 0.3) is 5.91 Å². The number of benzene rings is 2. The minimum atomic E-state index is -4.71. The Morgan fingerprint density at radius 1 is 0.976 bits per heavy atom. The van der Waals surface area contributed by atoms with Crippen LogP contribution < -0.4 is 24.0 Å². The Balaban J connectivity index is 1.53. The molecule has 0 bridgehead atoms. The summed E-state index contributed by atoms with van der Waals surface area (Å²) in [5.74, 6) is -0.874. The summed E-state index contributed by atoms with van der Waals surface area (Å²) in [6, 6.07) is 6.80. The average molecular weight is 583 g/mol. The Bertz CT molecular complexity index is 1760. The van der Waals surface area contributed by atoms with Crippen molar-refractivity contribution in [1.82, 2.24) is 9.97 Å². The fourth-order valence-electron chi connectivity index (χ4n) is 4.46. The number of imide groups is 1. The largest absolute Gasteiger partial charge is 0.493 e. The van der Waals surface area contributed by atoms with Gasteiger partial charge >= 0.3 is 12.2 Å². The molecule has 216 valence electrons. The number of aromatic nitrogens is 2. The molecule has 5 rings (SSSR count). The van der Waals surface area contributed by atoms with Crippen molar-refractivity contribution >= 4 is 39.8 Å². The number of alkyl halides is 3. The van der Waals surface area contributed by atoms with Gasteiger partial charge in [-0.2, -0.15) is 13.2 Å². The number of anilines is 2. The zero-order valence-corrected chi connectivity index (χ0v) is 22.5. The third kappa shape index (κ3) is 5.04. The molecule has 1 aliphatic heterocycles. The van der Waals surface area contributed by atoms with E-state index in [0.29, 0.717) is 45.1 Å². The summed E-state index contributed by atoms with van der Waals surface area (Å²) in [5, 5.41) is 0.488. The van der Waals surface area contributed by atoms with Gasteiger partial charge in [-0.3, -0.25) is 19.7 Å². The zero-order chi connectivity index (χ0) is 30.3. The normalized spacial score (nSPS) is 13.6. The molecule has 0 unspecified atom stereocenters. The van der Waals surface area contributed by atoms with Crippen LogP contribution >= 0.6 is 0 Å². The van der Waals surface area contributed by atoms with Gasteiger partial charge in [0, 0.05) is 35.5 Å². The molecule has 1 fully saturated rings. The van der Waals surface area contributed by atoms with Crippen molar-refractivity contribution < 1.29 is 41.4 Å². The van der Waals surface area contributed by atoms with E-state index in [1.165, 1.54) is 32.5 Å². The first kappa shape index (κ1) is 28.3. The maximum absolute atomic E-state index is 15.7. The van der Waals surface area contributed by atoms with Gasteiger partial charge < -0.3 is 14.2 Å². The lowest BCUT2D eigenvalue weighted by Gasteiger charge is -2.20. The number of amides is 3. The first-order valence-corrected chi connectivity index (χ1v) is 12.3. The van der Waals surface area contributed by atoms with Crippen LogP contribution in [0.25, 0.3) is 16.5 Å². The number of methoxy groups -OCH3 is 2. The van der Waals surface area contributed by atoms with Crippen LogP contribution in [-0.2, 0) is 11.0 Å². The summed E-state index contributed by atoms with van der Waals surface area (Å²) < 4.78 is 72.0. The van der Waals surface area contributed by atoms with Gasteiger partial charge in [0.15, 0.2) is 23.1 Å². The average Bonchev–Trinajstić information content (AvgIpc) is 3.26. The van der Waals surface area contributed by atoms with Crippen LogP contribution in [0, 0.1) is 5.82 Å². The van der Waals surface area contributed by atoms with Crippen molar-refractivity contribution in [3.05, 3.63) is 78.5 Å². The van der Waals surface area contributed by atoms with Gasteiger partial charge in [-0.05, 0) is 36.8 Å². The molecular formula is C29H22F4N4O5. The number of nitrogens with zero attached hydrogens (tertiary/aromatic N) is 4. The van der Waals surface area contributed by atoms with Crippen LogP contribution in [0.15, 0.2) is 61.6 Å². The summed E-state index contributed by atoms with van der Waals surface area (Å²) in [4.78, 5) is 35.5. The molecule has 3 heterocycles. The second-order valence-electron chi connectivity index (χ2n) is 9.25. The molecule has 0 saturated carbocycles. The van der Waals surface area contributed by atoms with Gasteiger partial charge in [0.2, 0.25) is 0 Å². The number of hydrogen-bond donors (Lipinski definition) is 0. The number of carbonyl (C=O) groups excluding carboxylic acids is 2. The summed E-state index contributed by atoms with van der Waals surface area (Å²) in [7, 11) is 2.94. The second kappa shape index (κ2) is 10.7. The molecule has 42 heavy (non-hydrogen) atoms. The predicted octanol–water partition coefficient (Wildman–Crippen LogP) is 6.60. The Morgan fingerprint density at radius 3 is 2.36 bits per heavy atom. The van der Waals surface area contributed by atoms with Crippen LogP contribution in [0.2, 0.25) is 0 Å². The van der Waals surface area contributed by atoms with E-state index in [1.54, 1.807) is 19.1 Å². The molecule has 3 amide bonds. The van der Waals surface area contributed by atoms with E-state index >= 15 is 4.39 Å². The van der Waals surface area contributed by atoms with Gasteiger partial charge in [-0.15, -0.1) is 0 Å². The molecule has 0 atom stereocenters. The number of carbonyl (C=O) groups is 2. The molecule has 0 radical (unpaired) electrons. The van der Waals surface area contributed by atoms with E-state index in [0.717, 1.165) is 17.2 Å². The van der Waals surface area contributed by atoms with Crippen LogP contribution in [-0.4, -0.2) is 42.7 Å².